The molecule has 0 atom stereocenters. The van der Waals surface area contributed by atoms with Crippen LogP contribution >= 0.6 is 0 Å². The molecule has 0 saturated heterocycles. The van der Waals surface area contributed by atoms with Gasteiger partial charge in [-0.1, -0.05) is 89.2 Å². The predicted octanol–water partition coefficient (Wildman–Crippen LogP) is 7.94. The van der Waals surface area contributed by atoms with E-state index in [4.69, 9.17) is 9.47 Å². The SMILES string of the molecule is CCOc1cc(F)c[c-]c1-c1cc(C(C)(C)C)n(C)n1.CCOc1cc(F)c[c-]c1-c1cc(C(C)(C)C)n(C)n1.[Ir+3].c1ccc(-c2cnn[n-]2)nc1. The smallest absolute Gasteiger partial charge is 0.537 e. The number of ether oxygens (including phenoxy) is 2. The van der Waals surface area contributed by atoms with Crippen LogP contribution in [0.15, 0.2) is 67.0 Å². The van der Waals surface area contributed by atoms with Gasteiger partial charge in [0.05, 0.1) is 18.9 Å². The van der Waals surface area contributed by atoms with Gasteiger partial charge in [0.2, 0.25) is 0 Å². The number of rotatable bonds is 7. The topological polar surface area (TPSA) is 107 Å². The molecule has 4 aromatic heterocycles. The van der Waals surface area contributed by atoms with E-state index < -0.39 is 0 Å². The molecule has 0 bridgehead atoms. The summed E-state index contributed by atoms with van der Waals surface area (Å²) in [6.45, 7) is 17.5. The molecule has 0 N–H and O–H groups in total. The van der Waals surface area contributed by atoms with E-state index in [1.165, 1.54) is 24.3 Å². The molecule has 52 heavy (non-hydrogen) atoms. The molecule has 0 aliphatic carbocycles. The third kappa shape index (κ3) is 10.9. The van der Waals surface area contributed by atoms with Gasteiger partial charge in [-0.15, -0.1) is 24.3 Å². The van der Waals surface area contributed by atoms with Crippen LogP contribution in [0.5, 0.6) is 11.5 Å². The maximum absolute atomic E-state index is 13.3. The van der Waals surface area contributed by atoms with Crippen LogP contribution in [0, 0.1) is 23.8 Å². The predicted molar refractivity (Wildman–Crippen MR) is 193 cm³/mol. The van der Waals surface area contributed by atoms with Crippen molar-refractivity contribution >= 4 is 0 Å². The first kappa shape index (κ1) is 41.7. The van der Waals surface area contributed by atoms with E-state index in [1.54, 1.807) is 12.4 Å². The molecule has 0 aliphatic rings. The number of hydrogen-bond donors (Lipinski definition) is 0. The number of aryl methyl sites for hydroxylation is 2. The molecule has 0 unspecified atom stereocenters. The molecule has 6 aromatic rings. The van der Waals surface area contributed by atoms with E-state index >= 15 is 0 Å². The molecule has 2 aromatic carbocycles. The van der Waals surface area contributed by atoms with Crippen LogP contribution in [0.25, 0.3) is 33.9 Å². The Balaban J connectivity index is 0.000000217. The third-order valence-electron chi connectivity index (χ3n) is 7.46. The van der Waals surface area contributed by atoms with Crippen molar-refractivity contribution < 1.29 is 38.4 Å². The minimum absolute atomic E-state index is 0. The summed E-state index contributed by atoms with van der Waals surface area (Å²) in [5.74, 6) is 0.241. The van der Waals surface area contributed by atoms with Gasteiger partial charge >= 0.3 is 20.1 Å². The fourth-order valence-electron chi connectivity index (χ4n) is 5.24. The average molecular weight is 888 g/mol. The van der Waals surface area contributed by atoms with Gasteiger partial charge in [-0.2, -0.15) is 0 Å². The van der Waals surface area contributed by atoms with Crippen LogP contribution in [-0.2, 0) is 45.0 Å². The molecule has 4 heterocycles. The number of nitrogens with zero attached hydrogens (tertiary/aromatic N) is 8. The number of benzene rings is 2. The number of halogens is 2. The molecular formula is C39H45F2IrN8O2. The molecule has 0 radical (unpaired) electrons. The molecule has 6 rings (SSSR count). The molecule has 0 amide bonds. The Bertz CT molecular complexity index is 1890. The maximum Gasteiger partial charge on any atom is 3.00 e. The van der Waals surface area contributed by atoms with Crippen molar-refractivity contribution in [2.75, 3.05) is 13.2 Å². The minimum atomic E-state index is -0.357. The van der Waals surface area contributed by atoms with Crippen molar-refractivity contribution in [3.05, 3.63) is 102 Å². The zero-order valence-corrected chi connectivity index (χ0v) is 33.6. The van der Waals surface area contributed by atoms with Crippen LogP contribution in [0.1, 0.15) is 66.8 Å². The Morgan fingerprint density at radius 3 is 1.56 bits per heavy atom. The first-order valence-corrected chi connectivity index (χ1v) is 16.6. The number of hydrogen-bond acceptors (Lipinski definition) is 7. The first-order valence-electron chi connectivity index (χ1n) is 16.6. The summed E-state index contributed by atoms with van der Waals surface area (Å²) in [6.07, 6.45) is 3.30. The second-order valence-corrected chi connectivity index (χ2v) is 13.6. The van der Waals surface area contributed by atoms with E-state index in [9.17, 15) is 8.78 Å². The second kappa shape index (κ2) is 18.1. The van der Waals surface area contributed by atoms with Crippen LogP contribution < -0.4 is 14.6 Å². The number of pyridine rings is 1. The molecule has 0 aliphatic heterocycles. The normalized spacial score (nSPS) is 11.1. The third-order valence-corrected chi connectivity index (χ3v) is 7.46. The van der Waals surface area contributed by atoms with Gasteiger partial charge in [-0.25, -0.2) is 10.2 Å². The molecular weight excluding hydrogens is 843 g/mol. The standard InChI is InChI=1S/2C16H20FN2O.C7H5N4.Ir/c2*1-6-20-14-9-11(17)7-8-12(14)13-10-15(16(2,3)4)19(5)18-13;1-2-4-8-6(3-1)7-5-9-11-10-7;/h2*7,9-10H,6H2,1-5H3;1-5H;/q3*-1;+3. The van der Waals surface area contributed by atoms with E-state index in [1.807, 2.05) is 67.6 Å². The van der Waals surface area contributed by atoms with Gasteiger partial charge in [0.25, 0.3) is 0 Å². The van der Waals surface area contributed by atoms with E-state index in [0.29, 0.717) is 41.5 Å². The second-order valence-electron chi connectivity index (χ2n) is 13.6. The van der Waals surface area contributed by atoms with Crippen LogP contribution in [0.4, 0.5) is 8.78 Å². The summed E-state index contributed by atoms with van der Waals surface area (Å²) in [7, 11) is 3.82. The van der Waals surface area contributed by atoms with Gasteiger partial charge in [0, 0.05) is 77.0 Å². The molecule has 13 heteroatoms. The zero-order valence-electron chi connectivity index (χ0n) is 31.2. The molecule has 0 fully saturated rings. The molecule has 0 saturated carbocycles. The van der Waals surface area contributed by atoms with Crippen molar-refractivity contribution in [1.29, 1.82) is 0 Å². The van der Waals surface area contributed by atoms with Crippen LogP contribution in [0.3, 0.4) is 0 Å². The Hall–Kier alpha value is -4.74. The van der Waals surface area contributed by atoms with Crippen molar-refractivity contribution in [3.63, 3.8) is 0 Å². The Labute approximate surface area is 318 Å². The summed E-state index contributed by atoms with van der Waals surface area (Å²) >= 11 is 0. The summed E-state index contributed by atoms with van der Waals surface area (Å²) in [5.41, 5.74) is 6.60. The summed E-state index contributed by atoms with van der Waals surface area (Å²) in [4.78, 5) is 4.08. The number of aromatic nitrogens is 8. The van der Waals surface area contributed by atoms with Crippen LogP contribution in [-0.4, -0.2) is 48.1 Å². The van der Waals surface area contributed by atoms with Crippen LogP contribution in [0.2, 0.25) is 0 Å². The quantitative estimate of drug-likeness (QED) is 0.149. The first-order chi connectivity index (χ1) is 24.1. The fourth-order valence-corrected chi connectivity index (χ4v) is 5.24. The fraction of sp³-hybridized carbons (Fsp3) is 0.359. The summed E-state index contributed by atoms with van der Waals surface area (Å²) in [6, 6.07) is 20.8. The van der Waals surface area contributed by atoms with Gasteiger partial charge < -0.3 is 19.7 Å². The Morgan fingerprint density at radius 1 is 0.731 bits per heavy atom. The van der Waals surface area contributed by atoms with E-state index in [0.717, 1.165) is 28.5 Å². The summed E-state index contributed by atoms with van der Waals surface area (Å²) < 4.78 is 41.3. The largest absolute Gasteiger partial charge is 3.00 e. The van der Waals surface area contributed by atoms with Crippen molar-refractivity contribution in [3.8, 4) is 45.4 Å². The van der Waals surface area contributed by atoms with Gasteiger partial charge in [-0.05, 0) is 31.7 Å². The molecule has 0 spiro atoms. The van der Waals surface area contributed by atoms with E-state index in [-0.39, 0.29) is 42.6 Å². The average Bonchev–Trinajstić information content (AvgIpc) is 3.83. The summed E-state index contributed by atoms with van der Waals surface area (Å²) in [5, 5.41) is 19.8. The van der Waals surface area contributed by atoms with Gasteiger partial charge in [0.1, 0.15) is 0 Å². The molecule has 276 valence electrons. The zero-order chi connectivity index (χ0) is 37.3. The van der Waals surface area contributed by atoms with Crippen molar-refractivity contribution in [2.24, 2.45) is 14.1 Å². The van der Waals surface area contributed by atoms with Gasteiger partial charge in [0.15, 0.2) is 0 Å². The Kier molecular flexibility index (Phi) is 14.5. The Morgan fingerprint density at radius 2 is 1.21 bits per heavy atom. The minimum Gasteiger partial charge on any atom is -0.537 e. The monoisotopic (exact) mass is 888 g/mol. The van der Waals surface area contributed by atoms with Gasteiger partial charge in [-0.3, -0.25) is 28.3 Å². The van der Waals surface area contributed by atoms with E-state index in [2.05, 4.69) is 84.3 Å². The maximum atomic E-state index is 13.3. The van der Waals surface area contributed by atoms with Crippen molar-refractivity contribution in [2.45, 2.75) is 66.2 Å². The van der Waals surface area contributed by atoms with Crippen molar-refractivity contribution in [1.82, 2.24) is 40.0 Å². The molecule has 10 nitrogen and oxygen atoms in total.